The van der Waals surface area contributed by atoms with Crippen LogP contribution in [-0.4, -0.2) is 25.3 Å². The molecule has 0 unspecified atom stereocenters. The van der Waals surface area contributed by atoms with Gasteiger partial charge in [-0.25, -0.2) is 10.1 Å². The van der Waals surface area contributed by atoms with Crippen LogP contribution in [0.4, 0.5) is 5.69 Å². The second-order valence-corrected chi connectivity index (χ2v) is 4.33. The number of nitrogens with zero attached hydrogens (tertiary/aromatic N) is 3. The van der Waals surface area contributed by atoms with Crippen LogP contribution < -0.4 is 4.90 Å². The second kappa shape index (κ2) is 7.78. The molecular formula is C16H17N3O. The summed E-state index contributed by atoms with van der Waals surface area (Å²) in [6.45, 7) is 9.33. The molecule has 0 radical (unpaired) electrons. The Morgan fingerprint density at radius 2 is 2.10 bits per heavy atom. The molecule has 0 bridgehead atoms. The Kier molecular flexibility index (Phi) is 6.03. The van der Waals surface area contributed by atoms with Crippen LogP contribution in [0.15, 0.2) is 41.6 Å². The highest BCUT2D eigenvalue weighted by molar-refractivity contribution is 5.58. The molecule has 0 saturated carbocycles. The first-order valence-electron chi connectivity index (χ1n) is 6.21. The highest BCUT2D eigenvalue weighted by Crippen LogP contribution is 2.15. The molecule has 0 atom stereocenters. The van der Waals surface area contributed by atoms with Gasteiger partial charge in [-0.2, -0.15) is 0 Å². The van der Waals surface area contributed by atoms with Crippen molar-refractivity contribution in [3.05, 3.63) is 58.6 Å². The van der Waals surface area contributed by atoms with Crippen molar-refractivity contribution in [3.63, 3.8) is 0 Å². The van der Waals surface area contributed by atoms with Crippen molar-refractivity contribution in [3.8, 4) is 6.07 Å². The molecule has 1 rings (SSSR count). The van der Waals surface area contributed by atoms with Gasteiger partial charge in [0.25, 0.3) is 5.70 Å². The third kappa shape index (κ3) is 4.28. The smallest absolute Gasteiger partial charge is 0.264 e. The van der Waals surface area contributed by atoms with Crippen LogP contribution in [0.1, 0.15) is 12.5 Å². The largest absolute Gasteiger partial charge is 0.395 e. The molecule has 4 heteroatoms. The number of hydrogen-bond donors (Lipinski definition) is 1. The van der Waals surface area contributed by atoms with Crippen molar-refractivity contribution < 1.29 is 5.11 Å². The summed E-state index contributed by atoms with van der Waals surface area (Å²) in [4.78, 5) is 5.13. The quantitative estimate of drug-likeness (QED) is 0.507. The molecule has 4 nitrogen and oxygen atoms in total. The van der Waals surface area contributed by atoms with E-state index in [9.17, 15) is 0 Å². The Balaban J connectivity index is 2.84. The zero-order chi connectivity index (χ0) is 15.0. The van der Waals surface area contributed by atoms with Crippen molar-refractivity contribution in [2.75, 3.05) is 25.1 Å². The van der Waals surface area contributed by atoms with Crippen LogP contribution in [0.5, 0.6) is 0 Å². The molecule has 0 aliphatic heterocycles. The average Bonchev–Trinajstić information content (AvgIpc) is 2.47. The van der Waals surface area contributed by atoms with Crippen LogP contribution in [0.25, 0.3) is 10.9 Å². The number of benzene rings is 1. The average molecular weight is 267 g/mol. The van der Waals surface area contributed by atoms with E-state index in [4.69, 9.17) is 16.9 Å². The maximum Gasteiger partial charge on any atom is 0.264 e. The van der Waals surface area contributed by atoms with Crippen molar-refractivity contribution in [2.45, 2.75) is 6.92 Å². The highest BCUT2D eigenvalue weighted by Gasteiger charge is 1.99. The lowest BCUT2D eigenvalue weighted by Gasteiger charge is -2.17. The van der Waals surface area contributed by atoms with E-state index in [0.29, 0.717) is 12.1 Å². The van der Waals surface area contributed by atoms with Crippen LogP contribution >= 0.6 is 0 Å². The minimum absolute atomic E-state index is 0.112. The van der Waals surface area contributed by atoms with Crippen molar-refractivity contribution in [2.24, 2.45) is 0 Å². The maximum absolute atomic E-state index is 8.89. The normalized spacial score (nSPS) is 11.7. The summed E-state index contributed by atoms with van der Waals surface area (Å²) < 4.78 is 0. The number of hydrogen-bond acceptors (Lipinski definition) is 3. The van der Waals surface area contributed by atoms with Crippen LogP contribution in [0.3, 0.4) is 0 Å². The fourth-order valence-electron chi connectivity index (χ4n) is 1.62. The summed E-state index contributed by atoms with van der Waals surface area (Å²) in [7, 11) is 1.92. The monoisotopic (exact) mass is 267 g/mol. The number of likely N-dealkylation sites (N-methyl/N-ethyl adjacent to an activating group) is 1. The minimum atomic E-state index is 0.112. The van der Waals surface area contributed by atoms with Gasteiger partial charge in [-0.3, -0.25) is 0 Å². The van der Waals surface area contributed by atoms with Crippen molar-refractivity contribution in [1.29, 1.82) is 5.26 Å². The summed E-state index contributed by atoms with van der Waals surface area (Å²) >= 11 is 0. The number of nitriles is 1. The summed E-state index contributed by atoms with van der Waals surface area (Å²) in [5.41, 5.74) is 2.79. The molecule has 102 valence electrons. The van der Waals surface area contributed by atoms with E-state index >= 15 is 0 Å². The van der Waals surface area contributed by atoms with Gasteiger partial charge in [0.2, 0.25) is 0 Å². The Morgan fingerprint density at radius 1 is 1.45 bits per heavy atom. The Morgan fingerprint density at radius 3 is 2.60 bits per heavy atom. The Bertz CT molecular complexity index is 570. The molecule has 0 heterocycles. The first kappa shape index (κ1) is 15.5. The van der Waals surface area contributed by atoms with Gasteiger partial charge in [0.05, 0.1) is 19.2 Å². The molecule has 1 N–H and O–H groups in total. The summed E-state index contributed by atoms with van der Waals surface area (Å²) in [6, 6.07) is 9.71. The maximum atomic E-state index is 8.89. The zero-order valence-corrected chi connectivity index (χ0v) is 11.7. The Labute approximate surface area is 119 Å². The predicted octanol–water partition coefficient (Wildman–Crippen LogP) is 2.85. The van der Waals surface area contributed by atoms with Crippen LogP contribution in [0, 0.1) is 17.9 Å². The number of rotatable bonds is 5. The molecule has 0 saturated heterocycles. The molecule has 0 aromatic heterocycles. The van der Waals surface area contributed by atoms with Gasteiger partial charge in [-0.05, 0) is 30.2 Å². The molecule has 1 aromatic carbocycles. The van der Waals surface area contributed by atoms with E-state index < -0.39 is 0 Å². The zero-order valence-electron chi connectivity index (χ0n) is 11.7. The summed E-state index contributed by atoms with van der Waals surface area (Å²) in [6.07, 6.45) is 3.64. The topological polar surface area (TPSA) is 51.6 Å². The van der Waals surface area contributed by atoms with Gasteiger partial charge in [0.15, 0.2) is 0 Å². The van der Waals surface area contributed by atoms with E-state index in [0.717, 1.165) is 11.3 Å². The summed E-state index contributed by atoms with van der Waals surface area (Å²) in [5, 5.41) is 17.6. The number of allylic oxidation sites excluding steroid dienone is 3. The molecule has 0 aliphatic rings. The van der Waals surface area contributed by atoms with Gasteiger partial charge in [-0.1, -0.05) is 24.3 Å². The lowest BCUT2D eigenvalue weighted by Crippen LogP contribution is -2.20. The lowest BCUT2D eigenvalue weighted by atomic mass is 10.1. The number of aliphatic hydroxyl groups excluding tert-OH is 1. The number of aliphatic hydroxyl groups is 1. The molecule has 0 aliphatic carbocycles. The molecule has 1 aromatic rings. The van der Waals surface area contributed by atoms with E-state index in [1.807, 2.05) is 48.4 Å². The highest BCUT2D eigenvalue weighted by atomic mass is 16.3. The van der Waals surface area contributed by atoms with Crippen molar-refractivity contribution >= 4 is 11.8 Å². The van der Waals surface area contributed by atoms with E-state index in [1.165, 1.54) is 0 Å². The molecule has 0 spiro atoms. The molecule has 20 heavy (non-hydrogen) atoms. The van der Waals surface area contributed by atoms with Gasteiger partial charge < -0.3 is 10.0 Å². The first-order valence-corrected chi connectivity index (χ1v) is 6.21. The third-order valence-corrected chi connectivity index (χ3v) is 2.89. The minimum Gasteiger partial charge on any atom is -0.395 e. The fourth-order valence-corrected chi connectivity index (χ4v) is 1.62. The van der Waals surface area contributed by atoms with E-state index in [1.54, 1.807) is 13.0 Å². The van der Waals surface area contributed by atoms with Crippen LogP contribution in [0.2, 0.25) is 0 Å². The van der Waals surface area contributed by atoms with E-state index in [2.05, 4.69) is 4.85 Å². The summed E-state index contributed by atoms with van der Waals surface area (Å²) in [5.74, 6) is 0. The van der Waals surface area contributed by atoms with Gasteiger partial charge in [0, 0.05) is 19.3 Å². The van der Waals surface area contributed by atoms with Crippen LogP contribution in [-0.2, 0) is 0 Å². The van der Waals surface area contributed by atoms with E-state index in [-0.39, 0.29) is 12.3 Å². The van der Waals surface area contributed by atoms with Gasteiger partial charge in [-0.15, -0.1) is 0 Å². The SMILES string of the molecule is [C-]#[N+]C(C#N)=C(C)C=Cc1ccc(N(C)CCO)cc1. The standard InChI is InChI=1S/C16H17N3O/c1-13(16(12-17)18-2)4-5-14-6-8-15(9-7-14)19(3)10-11-20/h4-9,20H,10-11H2,1,3H3. The fraction of sp³-hybridized carbons (Fsp3) is 0.250. The molecule has 0 amide bonds. The van der Waals surface area contributed by atoms with Crippen molar-refractivity contribution in [1.82, 2.24) is 0 Å². The molecular weight excluding hydrogens is 250 g/mol. The first-order chi connectivity index (χ1) is 9.62. The van der Waals surface area contributed by atoms with Gasteiger partial charge in [0.1, 0.15) is 0 Å². The Hall–Kier alpha value is -2.56. The van der Waals surface area contributed by atoms with Gasteiger partial charge >= 0.3 is 0 Å². The second-order valence-electron chi connectivity index (χ2n) is 4.33. The predicted molar refractivity (Wildman–Crippen MR) is 80.7 cm³/mol. The third-order valence-electron chi connectivity index (χ3n) is 2.89. The molecule has 0 fully saturated rings. The lowest BCUT2D eigenvalue weighted by molar-refractivity contribution is 0.304. The number of anilines is 1.